The molecular formula is C37H50N2O5. The third-order valence-electron chi connectivity index (χ3n) is 8.85. The minimum Gasteiger partial charge on any atom is -0.496 e. The largest absolute Gasteiger partial charge is 0.496 e. The summed E-state index contributed by atoms with van der Waals surface area (Å²) in [6.07, 6.45) is 3.04. The molecule has 0 saturated carbocycles. The third-order valence-corrected chi connectivity index (χ3v) is 8.85. The summed E-state index contributed by atoms with van der Waals surface area (Å²) < 4.78 is 29.1. The number of methoxy groups -OCH3 is 2. The number of fused-ring (bicyclic) bond motifs is 1. The molecule has 1 saturated heterocycles. The number of anilines is 1. The average Bonchev–Trinajstić information content (AvgIpc) is 3.31. The van der Waals surface area contributed by atoms with Gasteiger partial charge >= 0.3 is 0 Å². The van der Waals surface area contributed by atoms with E-state index >= 15 is 0 Å². The number of nitrogens with one attached hydrogen (secondary N) is 1. The SMILES string of the molecule is COCCCN1CC(C)(C)c2ccc(COC3CNCCC3c3ccc(OCCCOCc4ccccc4OC)cc3)cc21. The second-order valence-corrected chi connectivity index (χ2v) is 12.6. The molecule has 1 fully saturated rings. The van der Waals surface area contributed by atoms with Gasteiger partial charge in [-0.1, -0.05) is 56.3 Å². The molecule has 0 amide bonds. The van der Waals surface area contributed by atoms with Crippen LogP contribution in [0.1, 0.15) is 61.3 Å². The fraction of sp³-hybridized carbons (Fsp3) is 0.514. The van der Waals surface area contributed by atoms with Crippen molar-refractivity contribution in [1.82, 2.24) is 5.32 Å². The maximum atomic E-state index is 6.61. The number of benzene rings is 3. The molecule has 2 heterocycles. The van der Waals surface area contributed by atoms with Gasteiger partial charge in [0.2, 0.25) is 0 Å². The Hall–Kier alpha value is -3.10. The first kappa shape index (κ1) is 32.3. The molecular weight excluding hydrogens is 552 g/mol. The van der Waals surface area contributed by atoms with E-state index in [-0.39, 0.29) is 11.5 Å². The first-order chi connectivity index (χ1) is 21.5. The molecule has 7 heteroatoms. The highest BCUT2D eigenvalue weighted by Gasteiger charge is 2.35. The molecule has 0 spiro atoms. The Kier molecular flexibility index (Phi) is 11.6. The molecule has 0 radical (unpaired) electrons. The number of rotatable bonds is 16. The van der Waals surface area contributed by atoms with Gasteiger partial charge in [-0.2, -0.15) is 0 Å². The summed E-state index contributed by atoms with van der Waals surface area (Å²) in [6, 6.07) is 23.4. The van der Waals surface area contributed by atoms with Gasteiger partial charge < -0.3 is 33.9 Å². The summed E-state index contributed by atoms with van der Waals surface area (Å²) in [5.41, 5.74) is 6.54. The Morgan fingerprint density at radius 3 is 2.57 bits per heavy atom. The van der Waals surface area contributed by atoms with Gasteiger partial charge in [0, 0.05) is 62.4 Å². The lowest BCUT2D eigenvalue weighted by molar-refractivity contribution is 0.0106. The molecule has 3 aromatic rings. The van der Waals surface area contributed by atoms with Crippen LogP contribution in [-0.2, 0) is 32.8 Å². The van der Waals surface area contributed by atoms with E-state index in [1.165, 1.54) is 22.4 Å². The zero-order valence-corrected chi connectivity index (χ0v) is 27.0. The van der Waals surface area contributed by atoms with Crippen molar-refractivity contribution in [1.29, 1.82) is 0 Å². The summed E-state index contributed by atoms with van der Waals surface area (Å²) >= 11 is 0. The van der Waals surface area contributed by atoms with E-state index < -0.39 is 0 Å². The molecule has 3 aromatic carbocycles. The molecule has 2 aliphatic heterocycles. The van der Waals surface area contributed by atoms with Crippen LogP contribution in [0, 0.1) is 0 Å². The van der Waals surface area contributed by atoms with Crippen LogP contribution in [0.5, 0.6) is 11.5 Å². The molecule has 1 N–H and O–H groups in total. The Morgan fingerprint density at radius 1 is 0.909 bits per heavy atom. The summed E-state index contributed by atoms with van der Waals surface area (Å²) in [6.45, 7) is 11.8. The topological polar surface area (TPSA) is 61.4 Å². The van der Waals surface area contributed by atoms with E-state index in [0.29, 0.717) is 32.3 Å². The van der Waals surface area contributed by atoms with E-state index in [4.69, 9.17) is 23.7 Å². The number of hydrogen-bond acceptors (Lipinski definition) is 7. The van der Waals surface area contributed by atoms with Crippen LogP contribution >= 0.6 is 0 Å². The van der Waals surface area contributed by atoms with E-state index in [1.807, 2.05) is 24.3 Å². The van der Waals surface area contributed by atoms with Crippen LogP contribution in [0.3, 0.4) is 0 Å². The van der Waals surface area contributed by atoms with E-state index in [1.54, 1.807) is 14.2 Å². The van der Waals surface area contributed by atoms with Crippen molar-refractivity contribution in [2.75, 3.05) is 65.1 Å². The van der Waals surface area contributed by atoms with E-state index in [2.05, 4.69) is 66.5 Å². The summed E-state index contributed by atoms with van der Waals surface area (Å²) in [7, 11) is 3.46. The minimum absolute atomic E-state index is 0.124. The average molecular weight is 603 g/mol. The molecule has 5 rings (SSSR count). The predicted octanol–water partition coefficient (Wildman–Crippen LogP) is 6.48. The Labute approximate surface area is 263 Å². The predicted molar refractivity (Wildman–Crippen MR) is 176 cm³/mol. The Bertz CT molecular complexity index is 1310. The van der Waals surface area contributed by atoms with Gasteiger partial charge in [-0.15, -0.1) is 0 Å². The normalized spacial score (nSPS) is 19.1. The van der Waals surface area contributed by atoms with Crippen molar-refractivity contribution in [3.05, 3.63) is 89.0 Å². The second-order valence-electron chi connectivity index (χ2n) is 12.6. The zero-order valence-electron chi connectivity index (χ0n) is 27.0. The first-order valence-electron chi connectivity index (χ1n) is 16.1. The maximum Gasteiger partial charge on any atom is 0.124 e. The van der Waals surface area contributed by atoms with Crippen molar-refractivity contribution in [2.24, 2.45) is 0 Å². The lowest BCUT2D eigenvalue weighted by Gasteiger charge is -2.32. The molecule has 44 heavy (non-hydrogen) atoms. The van der Waals surface area contributed by atoms with Gasteiger partial charge in [0.05, 0.1) is 39.6 Å². The Balaban J connectivity index is 1.10. The van der Waals surface area contributed by atoms with Gasteiger partial charge in [0.15, 0.2) is 0 Å². The highest BCUT2D eigenvalue weighted by Crippen LogP contribution is 2.41. The number of piperidine rings is 1. The van der Waals surface area contributed by atoms with Crippen molar-refractivity contribution in [3.63, 3.8) is 0 Å². The van der Waals surface area contributed by atoms with Gasteiger partial charge in [-0.05, 0) is 60.3 Å². The quantitative estimate of drug-likeness (QED) is 0.188. The molecule has 2 atom stereocenters. The smallest absolute Gasteiger partial charge is 0.124 e. The van der Waals surface area contributed by atoms with Crippen molar-refractivity contribution >= 4 is 5.69 Å². The molecule has 2 aliphatic rings. The highest BCUT2D eigenvalue weighted by molar-refractivity contribution is 5.63. The standard InChI is InChI=1S/C37H50N2O5/c1-37(2)27-39(19-7-20-40-3)34-23-28(11-16-33(34)37)25-44-36-24-38-18-17-32(36)29-12-14-31(15-13-29)43-22-8-21-42-26-30-9-5-6-10-35(30)41-4/h5-6,9-16,23,32,36,38H,7-8,17-22,24-27H2,1-4H3. The number of hydrogen-bond donors (Lipinski definition) is 1. The van der Waals surface area contributed by atoms with Crippen LogP contribution in [-0.4, -0.2) is 66.3 Å². The van der Waals surface area contributed by atoms with E-state index in [9.17, 15) is 0 Å². The van der Waals surface area contributed by atoms with Crippen LogP contribution in [0.4, 0.5) is 5.69 Å². The molecule has 0 aromatic heterocycles. The lowest BCUT2D eigenvalue weighted by atomic mass is 9.86. The fourth-order valence-electron chi connectivity index (χ4n) is 6.50. The lowest BCUT2D eigenvalue weighted by Crippen LogP contribution is -2.40. The van der Waals surface area contributed by atoms with E-state index in [0.717, 1.165) is 69.1 Å². The van der Waals surface area contributed by atoms with Crippen LogP contribution in [0.15, 0.2) is 66.7 Å². The van der Waals surface area contributed by atoms with Crippen LogP contribution in [0.25, 0.3) is 0 Å². The van der Waals surface area contributed by atoms with Crippen LogP contribution < -0.4 is 19.7 Å². The highest BCUT2D eigenvalue weighted by atomic mass is 16.5. The number of nitrogens with zero attached hydrogens (tertiary/aromatic N) is 1. The summed E-state index contributed by atoms with van der Waals surface area (Å²) in [4.78, 5) is 2.52. The summed E-state index contributed by atoms with van der Waals surface area (Å²) in [5.74, 6) is 2.10. The maximum absolute atomic E-state index is 6.61. The molecule has 2 unspecified atom stereocenters. The summed E-state index contributed by atoms with van der Waals surface area (Å²) in [5, 5.41) is 3.54. The van der Waals surface area contributed by atoms with Gasteiger partial charge in [-0.25, -0.2) is 0 Å². The monoisotopic (exact) mass is 602 g/mol. The van der Waals surface area contributed by atoms with Gasteiger partial charge in [0.25, 0.3) is 0 Å². The fourth-order valence-corrected chi connectivity index (χ4v) is 6.50. The number of ether oxygens (including phenoxy) is 5. The molecule has 0 aliphatic carbocycles. The molecule has 7 nitrogen and oxygen atoms in total. The van der Waals surface area contributed by atoms with Crippen molar-refractivity contribution < 1.29 is 23.7 Å². The van der Waals surface area contributed by atoms with Crippen molar-refractivity contribution in [3.8, 4) is 11.5 Å². The third kappa shape index (κ3) is 8.33. The first-order valence-corrected chi connectivity index (χ1v) is 16.1. The van der Waals surface area contributed by atoms with Gasteiger partial charge in [-0.3, -0.25) is 0 Å². The van der Waals surface area contributed by atoms with Crippen LogP contribution in [0.2, 0.25) is 0 Å². The van der Waals surface area contributed by atoms with Gasteiger partial charge in [0.1, 0.15) is 11.5 Å². The Morgan fingerprint density at radius 2 is 1.75 bits per heavy atom. The zero-order chi connectivity index (χ0) is 30.8. The minimum atomic E-state index is 0.124. The number of para-hydroxylation sites is 1. The molecule has 0 bridgehead atoms. The second kappa shape index (κ2) is 15.8. The van der Waals surface area contributed by atoms with Crippen molar-refractivity contribution in [2.45, 2.75) is 63.8 Å². The molecule has 238 valence electrons.